The van der Waals surface area contributed by atoms with Gasteiger partial charge in [-0.15, -0.1) is 11.3 Å². The minimum absolute atomic E-state index is 0.207. The number of carbonyl (C=O) groups excluding carboxylic acids is 1. The second-order valence-corrected chi connectivity index (χ2v) is 13.8. The molecule has 0 fully saturated rings. The van der Waals surface area contributed by atoms with E-state index in [1.807, 2.05) is 41.8 Å². The summed E-state index contributed by atoms with van der Waals surface area (Å²) in [5.74, 6) is 0.287. The molecule has 0 N–H and O–H groups in total. The molecule has 2 aromatic carbocycles. The molecule has 1 aliphatic rings. The molecule has 1 atom stereocenters. The molecular formula is C28H20Cl2I2N2O4S2. The summed E-state index contributed by atoms with van der Waals surface area (Å²) >= 11 is 19.4. The number of hydrogen-bond donors (Lipinski definition) is 0. The van der Waals surface area contributed by atoms with Crippen molar-refractivity contribution in [1.29, 1.82) is 0 Å². The zero-order chi connectivity index (χ0) is 28.6. The van der Waals surface area contributed by atoms with Gasteiger partial charge in [0.1, 0.15) is 18.4 Å². The average Bonchev–Trinajstić information content (AvgIpc) is 3.53. The molecule has 1 aliphatic heterocycles. The van der Waals surface area contributed by atoms with Crippen molar-refractivity contribution in [3.8, 4) is 5.75 Å². The number of halogens is 4. The van der Waals surface area contributed by atoms with Crippen molar-refractivity contribution in [2.75, 3.05) is 6.61 Å². The van der Waals surface area contributed by atoms with E-state index in [0.29, 0.717) is 37.3 Å². The topological polar surface area (TPSA) is 69.9 Å². The summed E-state index contributed by atoms with van der Waals surface area (Å²) in [5.41, 5.74) is 2.49. The maximum Gasteiger partial charge on any atom is 0.338 e. The smallest absolute Gasteiger partial charge is 0.338 e. The van der Waals surface area contributed by atoms with Crippen LogP contribution in [0, 0.1) is 7.14 Å². The molecule has 0 saturated carbocycles. The van der Waals surface area contributed by atoms with E-state index in [4.69, 9.17) is 32.7 Å². The van der Waals surface area contributed by atoms with Gasteiger partial charge in [0.05, 0.1) is 39.6 Å². The third kappa shape index (κ3) is 6.07. The second kappa shape index (κ2) is 12.7. The van der Waals surface area contributed by atoms with Gasteiger partial charge in [-0.2, -0.15) is 0 Å². The number of thiazole rings is 1. The van der Waals surface area contributed by atoms with Gasteiger partial charge in [-0.05, 0) is 112 Å². The summed E-state index contributed by atoms with van der Waals surface area (Å²) < 4.78 is 15.4. The molecule has 206 valence electrons. The molecule has 12 heteroatoms. The van der Waals surface area contributed by atoms with Crippen molar-refractivity contribution in [2.24, 2.45) is 4.99 Å². The molecule has 3 heterocycles. The third-order valence-electron chi connectivity index (χ3n) is 6.02. The largest absolute Gasteiger partial charge is 0.487 e. The number of carbonyl (C=O) groups is 1. The van der Waals surface area contributed by atoms with Gasteiger partial charge < -0.3 is 9.47 Å². The summed E-state index contributed by atoms with van der Waals surface area (Å²) in [6.45, 7) is 4.12. The summed E-state index contributed by atoms with van der Waals surface area (Å²) in [5, 5.41) is 2.91. The highest BCUT2D eigenvalue weighted by atomic mass is 127. The first-order valence-corrected chi connectivity index (χ1v) is 16.6. The Bertz CT molecular complexity index is 1810. The molecule has 6 nitrogen and oxygen atoms in total. The Hall–Kier alpha value is -1.71. The SMILES string of the molecule is CCOC(=O)C1=C(C)N=c2s/c(=C/c3cc(I)c(OCc4ccc(Cl)c(Cl)c4)c(I)c3)c(=O)n2C1c1cccs1. The lowest BCUT2D eigenvalue weighted by Crippen LogP contribution is -2.39. The summed E-state index contributed by atoms with van der Waals surface area (Å²) in [4.78, 5) is 32.8. The van der Waals surface area contributed by atoms with Crippen LogP contribution in [0.4, 0.5) is 0 Å². The highest BCUT2D eigenvalue weighted by molar-refractivity contribution is 14.1. The standard InChI is InChI=1S/C28H20Cl2I2N2O4S2/c1-3-37-27(36)23-14(2)33-28-34(24(23)21-5-4-8-39-21)26(35)22(40-28)12-16-10-19(31)25(20(32)11-16)38-13-15-6-7-17(29)18(30)9-15/h4-12,24H,3,13H2,1-2H3/b22-12+. The fourth-order valence-corrected chi connectivity index (χ4v) is 8.56. The summed E-state index contributed by atoms with van der Waals surface area (Å²) in [6, 6.07) is 12.6. The van der Waals surface area contributed by atoms with E-state index in [1.165, 1.54) is 22.7 Å². The summed E-state index contributed by atoms with van der Waals surface area (Å²) in [6.07, 6.45) is 1.85. The van der Waals surface area contributed by atoms with Crippen LogP contribution in [0.5, 0.6) is 5.75 Å². The van der Waals surface area contributed by atoms with Crippen molar-refractivity contribution in [3.05, 3.63) is 112 Å². The van der Waals surface area contributed by atoms with Gasteiger partial charge in [0.15, 0.2) is 4.80 Å². The van der Waals surface area contributed by atoms with Crippen LogP contribution in [0.3, 0.4) is 0 Å². The molecule has 5 rings (SSSR count). The van der Waals surface area contributed by atoms with Gasteiger partial charge in [-0.1, -0.05) is 46.7 Å². The van der Waals surface area contributed by atoms with Crippen molar-refractivity contribution >= 4 is 103 Å². The molecule has 0 spiro atoms. The van der Waals surface area contributed by atoms with Gasteiger partial charge in [-0.25, -0.2) is 9.79 Å². The number of allylic oxidation sites excluding steroid dienone is 1. The second-order valence-electron chi connectivity index (χ2n) is 8.67. The fraction of sp³-hybridized carbons (Fsp3) is 0.179. The van der Waals surface area contributed by atoms with Crippen LogP contribution in [-0.2, 0) is 16.1 Å². The van der Waals surface area contributed by atoms with Crippen LogP contribution in [0.25, 0.3) is 6.08 Å². The number of aromatic nitrogens is 1. The van der Waals surface area contributed by atoms with E-state index < -0.39 is 12.0 Å². The van der Waals surface area contributed by atoms with Crippen LogP contribution in [0.2, 0.25) is 10.0 Å². The molecule has 40 heavy (non-hydrogen) atoms. The first kappa shape index (κ1) is 29.8. The van der Waals surface area contributed by atoms with Crippen LogP contribution in [-0.4, -0.2) is 17.1 Å². The lowest BCUT2D eigenvalue weighted by Gasteiger charge is -2.23. The van der Waals surface area contributed by atoms with E-state index in [-0.39, 0.29) is 12.2 Å². The van der Waals surface area contributed by atoms with E-state index >= 15 is 0 Å². The average molecular weight is 837 g/mol. The number of ether oxygens (including phenoxy) is 2. The Morgan fingerprint density at radius 1 is 1.15 bits per heavy atom. The molecule has 0 bridgehead atoms. The van der Waals surface area contributed by atoms with Crippen LogP contribution >= 0.6 is 91.1 Å². The van der Waals surface area contributed by atoms with E-state index in [2.05, 4.69) is 50.2 Å². The van der Waals surface area contributed by atoms with Crippen molar-refractivity contribution < 1.29 is 14.3 Å². The Morgan fingerprint density at radius 2 is 1.90 bits per heavy atom. The Balaban J connectivity index is 1.51. The molecule has 4 aromatic rings. The molecule has 0 saturated heterocycles. The van der Waals surface area contributed by atoms with Crippen molar-refractivity contribution in [1.82, 2.24) is 4.57 Å². The predicted octanol–water partition coefficient (Wildman–Crippen LogP) is 6.95. The van der Waals surface area contributed by atoms with Crippen molar-refractivity contribution in [2.45, 2.75) is 26.5 Å². The number of fused-ring (bicyclic) bond motifs is 1. The lowest BCUT2D eigenvalue weighted by molar-refractivity contribution is -0.139. The normalized spacial score (nSPS) is 15.2. The number of benzene rings is 2. The first-order chi connectivity index (χ1) is 19.2. The minimum Gasteiger partial charge on any atom is -0.487 e. The maximum atomic E-state index is 13.8. The highest BCUT2D eigenvalue weighted by Crippen LogP contribution is 2.34. The minimum atomic E-state index is -0.588. The van der Waals surface area contributed by atoms with Gasteiger partial charge in [0.25, 0.3) is 5.56 Å². The summed E-state index contributed by atoms with van der Waals surface area (Å²) in [7, 11) is 0. The molecule has 1 unspecified atom stereocenters. The van der Waals surface area contributed by atoms with E-state index in [1.54, 1.807) is 30.5 Å². The first-order valence-electron chi connectivity index (χ1n) is 12.0. The number of esters is 1. The quantitative estimate of drug-likeness (QED) is 0.149. The van der Waals surface area contributed by atoms with Gasteiger partial charge in [-0.3, -0.25) is 9.36 Å². The zero-order valence-corrected chi connectivity index (χ0v) is 28.5. The third-order valence-corrected chi connectivity index (χ3v) is 10.3. The molecule has 0 aliphatic carbocycles. The van der Waals surface area contributed by atoms with Gasteiger partial charge in [0.2, 0.25) is 0 Å². The van der Waals surface area contributed by atoms with E-state index in [9.17, 15) is 9.59 Å². The van der Waals surface area contributed by atoms with Gasteiger partial charge >= 0.3 is 5.97 Å². The lowest BCUT2D eigenvalue weighted by atomic mass is 10.0. The van der Waals surface area contributed by atoms with Crippen LogP contribution in [0.1, 0.15) is 35.9 Å². The number of hydrogen-bond acceptors (Lipinski definition) is 7. The maximum absolute atomic E-state index is 13.8. The molecular weight excluding hydrogens is 817 g/mol. The number of nitrogens with zero attached hydrogens (tertiary/aromatic N) is 2. The van der Waals surface area contributed by atoms with Crippen LogP contribution in [0.15, 0.2) is 68.9 Å². The predicted molar refractivity (Wildman–Crippen MR) is 177 cm³/mol. The molecule has 2 aromatic heterocycles. The number of rotatable bonds is 7. The Labute approximate surface area is 275 Å². The van der Waals surface area contributed by atoms with E-state index in [0.717, 1.165) is 28.9 Å². The molecule has 0 amide bonds. The molecule has 0 radical (unpaired) electrons. The highest BCUT2D eigenvalue weighted by Gasteiger charge is 2.33. The fourth-order valence-electron chi connectivity index (χ4n) is 4.24. The Kier molecular flexibility index (Phi) is 9.42. The van der Waals surface area contributed by atoms with Crippen molar-refractivity contribution in [3.63, 3.8) is 0 Å². The monoisotopic (exact) mass is 836 g/mol. The number of thiophene rings is 1. The van der Waals surface area contributed by atoms with Crippen LogP contribution < -0.4 is 19.6 Å². The van der Waals surface area contributed by atoms with Gasteiger partial charge in [0, 0.05) is 4.88 Å². The Morgan fingerprint density at radius 3 is 2.55 bits per heavy atom. The zero-order valence-electron chi connectivity index (χ0n) is 21.0.